The molecule has 0 spiro atoms. The highest BCUT2D eigenvalue weighted by Crippen LogP contribution is 2.14. The third-order valence-electron chi connectivity index (χ3n) is 4.40. The number of nitrogens with zero attached hydrogens (tertiary/aromatic N) is 1. The van der Waals surface area contributed by atoms with Crippen molar-refractivity contribution in [2.75, 3.05) is 19.6 Å². The minimum atomic E-state index is -0.484. The summed E-state index contributed by atoms with van der Waals surface area (Å²) < 4.78 is 5.24. The van der Waals surface area contributed by atoms with Crippen molar-refractivity contribution in [1.29, 1.82) is 0 Å². The molecule has 1 unspecified atom stereocenters. The summed E-state index contributed by atoms with van der Waals surface area (Å²) in [4.78, 5) is 26.2. The molecule has 0 aliphatic carbocycles. The summed E-state index contributed by atoms with van der Waals surface area (Å²) in [6.07, 6.45) is 4.32. The van der Waals surface area contributed by atoms with Gasteiger partial charge >= 0.3 is 6.09 Å². The van der Waals surface area contributed by atoms with Crippen molar-refractivity contribution >= 4 is 12.0 Å². The number of unbranched alkanes of at least 4 members (excludes halogenated alkanes) is 1. The van der Waals surface area contributed by atoms with E-state index in [9.17, 15) is 9.59 Å². The van der Waals surface area contributed by atoms with Crippen LogP contribution in [0, 0.1) is 11.8 Å². The van der Waals surface area contributed by atoms with Gasteiger partial charge in [0.2, 0.25) is 5.91 Å². The highest BCUT2D eigenvalue weighted by atomic mass is 16.6. The second kappa shape index (κ2) is 13.8. The average Bonchev–Trinajstić information content (AvgIpc) is 2.56. The van der Waals surface area contributed by atoms with Gasteiger partial charge in [-0.1, -0.05) is 47.5 Å². The molecule has 2 N–H and O–H groups in total. The van der Waals surface area contributed by atoms with Crippen LogP contribution in [0.5, 0.6) is 0 Å². The molecule has 0 saturated heterocycles. The van der Waals surface area contributed by atoms with Crippen molar-refractivity contribution < 1.29 is 14.3 Å². The molecule has 0 heterocycles. The van der Waals surface area contributed by atoms with E-state index in [4.69, 9.17) is 4.74 Å². The fourth-order valence-corrected chi connectivity index (χ4v) is 3.01. The zero-order valence-corrected chi connectivity index (χ0v) is 19.6. The van der Waals surface area contributed by atoms with Gasteiger partial charge in [-0.25, -0.2) is 4.79 Å². The lowest BCUT2D eigenvalue weighted by Gasteiger charge is -2.35. The molecule has 0 aliphatic heterocycles. The Kier molecular flexibility index (Phi) is 13.2. The summed E-state index contributed by atoms with van der Waals surface area (Å²) in [6, 6.07) is 0. The Morgan fingerprint density at radius 1 is 1.00 bits per heavy atom. The third kappa shape index (κ3) is 13.0. The fourth-order valence-electron chi connectivity index (χ4n) is 3.01. The fraction of sp³-hybridized carbons (Fsp3) is 0.909. The van der Waals surface area contributed by atoms with E-state index in [1.165, 1.54) is 6.42 Å². The van der Waals surface area contributed by atoms with Gasteiger partial charge in [-0.2, -0.15) is 0 Å². The summed E-state index contributed by atoms with van der Waals surface area (Å²) in [7, 11) is 0. The average molecular weight is 400 g/mol. The Hall–Kier alpha value is -1.30. The van der Waals surface area contributed by atoms with Gasteiger partial charge < -0.3 is 15.0 Å². The highest BCUT2D eigenvalue weighted by molar-refractivity contribution is 5.76. The SMILES string of the molecule is CCC(=O)N(CCCCC(C)C)C(NCCCNC(=O)OC(C)(C)C)C(C)C. The highest BCUT2D eigenvalue weighted by Gasteiger charge is 2.24. The first-order chi connectivity index (χ1) is 13.0. The van der Waals surface area contributed by atoms with E-state index in [0.29, 0.717) is 24.8 Å². The molecule has 0 fully saturated rings. The van der Waals surface area contributed by atoms with Crippen molar-refractivity contribution in [1.82, 2.24) is 15.5 Å². The lowest BCUT2D eigenvalue weighted by atomic mass is 10.0. The smallest absolute Gasteiger partial charge is 0.407 e. The van der Waals surface area contributed by atoms with Crippen LogP contribution < -0.4 is 10.6 Å². The minimum absolute atomic E-state index is 0.0213. The van der Waals surface area contributed by atoms with Gasteiger partial charge in [0.05, 0.1) is 6.17 Å². The summed E-state index contributed by atoms with van der Waals surface area (Å²) >= 11 is 0. The molecule has 0 aliphatic rings. The second-order valence-corrected chi connectivity index (χ2v) is 9.26. The first-order valence-electron chi connectivity index (χ1n) is 11.0. The summed E-state index contributed by atoms with van der Waals surface area (Å²) in [5, 5.41) is 6.30. The van der Waals surface area contributed by atoms with Crippen LogP contribution in [-0.2, 0) is 9.53 Å². The Balaban J connectivity index is 4.48. The first kappa shape index (κ1) is 26.7. The van der Waals surface area contributed by atoms with E-state index in [-0.39, 0.29) is 18.2 Å². The predicted octanol–water partition coefficient (Wildman–Crippen LogP) is 4.54. The van der Waals surface area contributed by atoms with Crippen molar-refractivity contribution in [2.24, 2.45) is 11.8 Å². The van der Waals surface area contributed by atoms with Gasteiger partial charge in [-0.05, 0) is 52.0 Å². The quantitative estimate of drug-likeness (QED) is 0.352. The normalized spacial score (nSPS) is 12.9. The largest absolute Gasteiger partial charge is 0.444 e. The zero-order valence-electron chi connectivity index (χ0n) is 19.6. The van der Waals surface area contributed by atoms with Crippen molar-refractivity contribution in [2.45, 2.75) is 99.3 Å². The molecule has 6 heteroatoms. The molecule has 0 aromatic carbocycles. The number of amides is 2. The maximum atomic E-state index is 12.5. The monoisotopic (exact) mass is 399 g/mol. The Labute approximate surface area is 173 Å². The molecule has 0 aromatic rings. The third-order valence-corrected chi connectivity index (χ3v) is 4.40. The summed E-state index contributed by atoms with van der Waals surface area (Å²) in [6.45, 7) is 18.3. The minimum Gasteiger partial charge on any atom is -0.444 e. The van der Waals surface area contributed by atoms with Crippen LogP contribution in [-0.4, -0.2) is 48.3 Å². The summed E-state index contributed by atoms with van der Waals surface area (Å²) in [5.74, 6) is 1.22. The van der Waals surface area contributed by atoms with E-state index in [1.54, 1.807) is 0 Å². The number of alkyl carbamates (subject to hydrolysis) is 1. The van der Waals surface area contributed by atoms with E-state index < -0.39 is 5.60 Å². The van der Waals surface area contributed by atoms with E-state index in [2.05, 4.69) is 38.3 Å². The molecule has 2 amide bonds. The van der Waals surface area contributed by atoms with Crippen LogP contribution in [0.2, 0.25) is 0 Å². The van der Waals surface area contributed by atoms with Crippen LogP contribution >= 0.6 is 0 Å². The van der Waals surface area contributed by atoms with E-state index in [1.807, 2.05) is 32.6 Å². The number of carbonyl (C=O) groups excluding carboxylic acids is 2. The van der Waals surface area contributed by atoms with Gasteiger partial charge in [0.1, 0.15) is 5.60 Å². The number of ether oxygens (including phenoxy) is 1. The molecule has 166 valence electrons. The van der Waals surface area contributed by atoms with Crippen LogP contribution in [0.15, 0.2) is 0 Å². The van der Waals surface area contributed by atoms with Gasteiger partial charge in [-0.15, -0.1) is 0 Å². The molecule has 0 saturated carbocycles. The predicted molar refractivity (Wildman–Crippen MR) is 116 cm³/mol. The standard InChI is InChI=1S/C22H45N3O3/c1-9-19(26)25(16-11-10-13-17(2)3)20(18(4)5)23-14-12-15-24-21(27)28-22(6,7)8/h17-18,20,23H,9-16H2,1-8H3,(H,24,27). The number of rotatable bonds is 13. The topological polar surface area (TPSA) is 70.7 Å². The number of nitrogens with one attached hydrogen (secondary N) is 2. The molecule has 0 rings (SSSR count). The van der Waals surface area contributed by atoms with Gasteiger partial charge in [0.25, 0.3) is 0 Å². The Morgan fingerprint density at radius 3 is 2.14 bits per heavy atom. The lowest BCUT2D eigenvalue weighted by Crippen LogP contribution is -2.52. The maximum Gasteiger partial charge on any atom is 0.407 e. The van der Waals surface area contributed by atoms with E-state index >= 15 is 0 Å². The van der Waals surface area contributed by atoms with E-state index in [0.717, 1.165) is 32.4 Å². The molecule has 28 heavy (non-hydrogen) atoms. The van der Waals surface area contributed by atoms with Crippen LogP contribution in [0.1, 0.15) is 87.5 Å². The molecule has 0 bridgehead atoms. The zero-order chi connectivity index (χ0) is 21.7. The van der Waals surface area contributed by atoms with Gasteiger partial charge in [0, 0.05) is 19.5 Å². The van der Waals surface area contributed by atoms with Crippen molar-refractivity contribution in [3.63, 3.8) is 0 Å². The van der Waals surface area contributed by atoms with Gasteiger partial charge in [0.15, 0.2) is 0 Å². The maximum absolute atomic E-state index is 12.5. The van der Waals surface area contributed by atoms with Gasteiger partial charge in [-0.3, -0.25) is 10.1 Å². The second-order valence-electron chi connectivity index (χ2n) is 9.26. The van der Waals surface area contributed by atoms with Crippen LogP contribution in [0.25, 0.3) is 0 Å². The van der Waals surface area contributed by atoms with Crippen LogP contribution in [0.3, 0.4) is 0 Å². The first-order valence-corrected chi connectivity index (χ1v) is 11.0. The summed E-state index contributed by atoms with van der Waals surface area (Å²) in [5.41, 5.74) is -0.484. The number of hydrogen-bond acceptors (Lipinski definition) is 4. The molecule has 1 atom stereocenters. The lowest BCUT2D eigenvalue weighted by molar-refractivity contribution is -0.135. The number of carbonyl (C=O) groups is 2. The molecular formula is C22H45N3O3. The number of hydrogen-bond donors (Lipinski definition) is 2. The molecule has 0 aromatic heterocycles. The Bertz CT molecular complexity index is 445. The Morgan fingerprint density at radius 2 is 1.64 bits per heavy atom. The van der Waals surface area contributed by atoms with Crippen molar-refractivity contribution in [3.8, 4) is 0 Å². The van der Waals surface area contributed by atoms with Crippen LogP contribution in [0.4, 0.5) is 4.79 Å². The van der Waals surface area contributed by atoms with Crippen molar-refractivity contribution in [3.05, 3.63) is 0 Å². The molecular weight excluding hydrogens is 354 g/mol. The molecule has 0 radical (unpaired) electrons. The molecule has 6 nitrogen and oxygen atoms in total.